The van der Waals surface area contributed by atoms with E-state index in [4.69, 9.17) is 23.2 Å². The summed E-state index contributed by atoms with van der Waals surface area (Å²) in [6, 6.07) is 16.5. The quantitative estimate of drug-likeness (QED) is 0.709. The third-order valence-electron chi connectivity index (χ3n) is 4.85. The number of benzene rings is 2. The molecule has 1 aliphatic rings. The summed E-state index contributed by atoms with van der Waals surface area (Å²) in [7, 11) is 0. The van der Waals surface area contributed by atoms with Gasteiger partial charge in [-0.05, 0) is 35.2 Å². The molecule has 130 valence electrons. The predicted molar refractivity (Wildman–Crippen MR) is 105 cm³/mol. The lowest BCUT2D eigenvalue weighted by molar-refractivity contribution is 0.121. The Labute approximate surface area is 158 Å². The third kappa shape index (κ3) is 4.01. The number of aromatic amines is 1. The molecule has 25 heavy (non-hydrogen) atoms. The van der Waals surface area contributed by atoms with E-state index in [0.717, 1.165) is 49.9 Å². The molecule has 0 unspecified atom stereocenters. The number of nitrogens with zero attached hydrogens (tertiary/aromatic N) is 2. The summed E-state index contributed by atoms with van der Waals surface area (Å²) >= 11 is 12.3. The van der Waals surface area contributed by atoms with Crippen LogP contribution in [0.1, 0.15) is 11.3 Å². The van der Waals surface area contributed by atoms with Gasteiger partial charge in [-0.3, -0.25) is 9.80 Å². The van der Waals surface area contributed by atoms with Crippen molar-refractivity contribution in [3.63, 3.8) is 0 Å². The van der Waals surface area contributed by atoms with Crippen LogP contribution in [0.2, 0.25) is 10.0 Å². The van der Waals surface area contributed by atoms with Crippen LogP contribution in [0.15, 0.2) is 48.5 Å². The summed E-state index contributed by atoms with van der Waals surface area (Å²) in [5.74, 6) is 0. The number of fused-ring (bicyclic) bond motifs is 1. The number of hydrogen-bond donors (Lipinski definition) is 1. The Morgan fingerprint density at radius 3 is 2.28 bits per heavy atom. The van der Waals surface area contributed by atoms with E-state index in [1.807, 2.05) is 18.2 Å². The molecule has 1 N–H and O–H groups in total. The molecule has 5 heteroatoms. The molecule has 2 aromatic carbocycles. The van der Waals surface area contributed by atoms with Gasteiger partial charge in [0.2, 0.25) is 0 Å². The molecule has 0 saturated carbocycles. The van der Waals surface area contributed by atoms with Gasteiger partial charge in [0.1, 0.15) is 0 Å². The van der Waals surface area contributed by atoms with E-state index in [0.29, 0.717) is 5.02 Å². The second-order valence-corrected chi connectivity index (χ2v) is 7.51. The van der Waals surface area contributed by atoms with Crippen molar-refractivity contribution in [1.29, 1.82) is 0 Å². The third-order valence-corrected chi connectivity index (χ3v) is 5.44. The van der Waals surface area contributed by atoms with E-state index in [1.54, 1.807) is 0 Å². The van der Waals surface area contributed by atoms with Gasteiger partial charge in [-0.1, -0.05) is 47.5 Å². The molecular formula is C20H21Cl2N3. The number of hydrogen-bond acceptors (Lipinski definition) is 2. The van der Waals surface area contributed by atoms with Crippen LogP contribution in [0.25, 0.3) is 10.9 Å². The SMILES string of the molecule is Clc1ccc(CN2CCN(Cc3cc4ccccc4[nH]3)CC2)c(Cl)c1. The highest BCUT2D eigenvalue weighted by Crippen LogP contribution is 2.23. The van der Waals surface area contributed by atoms with Gasteiger partial charge in [0.25, 0.3) is 0 Å². The normalized spacial score (nSPS) is 16.6. The van der Waals surface area contributed by atoms with Crippen molar-refractivity contribution in [1.82, 2.24) is 14.8 Å². The second-order valence-electron chi connectivity index (χ2n) is 6.67. The number of rotatable bonds is 4. The van der Waals surface area contributed by atoms with E-state index in [1.165, 1.54) is 16.6 Å². The number of piperazine rings is 1. The fourth-order valence-corrected chi connectivity index (χ4v) is 3.92. The maximum Gasteiger partial charge on any atom is 0.0465 e. The van der Waals surface area contributed by atoms with Crippen LogP contribution in [0.4, 0.5) is 0 Å². The molecule has 3 nitrogen and oxygen atoms in total. The van der Waals surface area contributed by atoms with Crippen molar-refractivity contribution in [3.8, 4) is 0 Å². The highest BCUT2D eigenvalue weighted by atomic mass is 35.5. The van der Waals surface area contributed by atoms with E-state index in [-0.39, 0.29) is 0 Å². The molecule has 0 amide bonds. The molecule has 4 rings (SSSR count). The smallest absolute Gasteiger partial charge is 0.0465 e. The van der Waals surface area contributed by atoms with E-state index in [2.05, 4.69) is 45.1 Å². The monoisotopic (exact) mass is 373 g/mol. The lowest BCUT2D eigenvalue weighted by Crippen LogP contribution is -2.45. The summed E-state index contributed by atoms with van der Waals surface area (Å²) in [4.78, 5) is 8.48. The predicted octanol–water partition coefficient (Wildman–Crippen LogP) is 4.79. The van der Waals surface area contributed by atoms with Crippen LogP contribution in [0, 0.1) is 0 Å². The van der Waals surface area contributed by atoms with Crippen LogP contribution in [0.5, 0.6) is 0 Å². The van der Waals surface area contributed by atoms with Gasteiger partial charge in [0, 0.05) is 60.5 Å². The molecule has 3 aromatic rings. The minimum atomic E-state index is 0.692. The summed E-state index contributed by atoms with van der Waals surface area (Å²) in [6.07, 6.45) is 0. The Morgan fingerprint density at radius 1 is 0.840 bits per heavy atom. The largest absolute Gasteiger partial charge is 0.357 e. The number of para-hydroxylation sites is 1. The zero-order chi connectivity index (χ0) is 17.2. The van der Waals surface area contributed by atoms with E-state index in [9.17, 15) is 0 Å². The zero-order valence-corrected chi connectivity index (χ0v) is 15.5. The lowest BCUT2D eigenvalue weighted by atomic mass is 10.2. The number of nitrogens with one attached hydrogen (secondary N) is 1. The molecule has 2 heterocycles. The molecular weight excluding hydrogens is 353 g/mol. The maximum atomic E-state index is 6.30. The van der Waals surface area contributed by atoms with Gasteiger partial charge in [0.15, 0.2) is 0 Å². The minimum Gasteiger partial charge on any atom is -0.357 e. The van der Waals surface area contributed by atoms with Crippen molar-refractivity contribution < 1.29 is 0 Å². The lowest BCUT2D eigenvalue weighted by Gasteiger charge is -2.34. The molecule has 0 aliphatic carbocycles. The summed E-state index contributed by atoms with van der Waals surface area (Å²) in [5.41, 5.74) is 3.65. The first-order chi connectivity index (χ1) is 12.2. The Bertz CT molecular complexity index is 833. The maximum absolute atomic E-state index is 6.30. The van der Waals surface area contributed by atoms with E-state index >= 15 is 0 Å². The number of halogens is 2. The number of H-pyrrole nitrogens is 1. The van der Waals surface area contributed by atoms with Crippen LogP contribution in [-0.4, -0.2) is 41.0 Å². The van der Waals surface area contributed by atoms with Gasteiger partial charge in [-0.25, -0.2) is 0 Å². The Kier molecular flexibility index (Phi) is 5.00. The van der Waals surface area contributed by atoms with Crippen molar-refractivity contribution in [3.05, 3.63) is 69.8 Å². The Morgan fingerprint density at radius 2 is 1.56 bits per heavy atom. The van der Waals surface area contributed by atoms with Crippen LogP contribution in [-0.2, 0) is 13.1 Å². The highest BCUT2D eigenvalue weighted by Gasteiger charge is 2.18. The van der Waals surface area contributed by atoms with Crippen molar-refractivity contribution in [2.45, 2.75) is 13.1 Å². The number of aromatic nitrogens is 1. The second kappa shape index (κ2) is 7.38. The summed E-state index contributed by atoms with van der Waals surface area (Å²) < 4.78 is 0. The topological polar surface area (TPSA) is 22.3 Å². The fourth-order valence-electron chi connectivity index (χ4n) is 3.46. The zero-order valence-electron chi connectivity index (χ0n) is 14.0. The molecule has 0 spiro atoms. The minimum absolute atomic E-state index is 0.692. The van der Waals surface area contributed by atoms with Gasteiger partial charge in [-0.15, -0.1) is 0 Å². The van der Waals surface area contributed by atoms with Crippen molar-refractivity contribution in [2.75, 3.05) is 26.2 Å². The highest BCUT2D eigenvalue weighted by molar-refractivity contribution is 6.35. The van der Waals surface area contributed by atoms with Gasteiger partial charge in [0.05, 0.1) is 0 Å². The Balaban J connectivity index is 1.33. The standard InChI is InChI=1S/C20H21Cl2N3/c21-17-6-5-16(19(22)12-17)13-24-7-9-25(10-8-24)14-18-11-15-3-1-2-4-20(15)23-18/h1-6,11-12,23H,7-10,13-14H2. The molecule has 1 aliphatic heterocycles. The summed E-state index contributed by atoms with van der Waals surface area (Å²) in [5, 5.41) is 2.73. The first-order valence-corrected chi connectivity index (χ1v) is 9.38. The molecule has 1 saturated heterocycles. The average molecular weight is 374 g/mol. The molecule has 0 radical (unpaired) electrons. The van der Waals surface area contributed by atoms with Gasteiger partial charge >= 0.3 is 0 Å². The van der Waals surface area contributed by atoms with Crippen LogP contribution < -0.4 is 0 Å². The summed E-state index contributed by atoms with van der Waals surface area (Å²) in [6.45, 7) is 6.11. The Hall–Kier alpha value is -1.52. The molecule has 1 fully saturated rings. The van der Waals surface area contributed by atoms with E-state index < -0.39 is 0 Å². The first-order valence-electron chi connectivity index (χ1n) is 8.63. The molecule has 0 atom stereocenters. The molecule has 1 aromatic heterocycles. The van der Waals surface area contributed by atoms with Crippen molar-refractivity contribution >= 4 is 34.1 Å². The molecule has 0 bridgehead atoms. The van der Waals surface area contributed by atoms with Crippen molar-refractivity contribution in [2.24, 2.45) is 0 Å². The van der Waals surface area contributed by atoms with Crippen LogP contribution >= 0.6 is 23.2 Å². The first kappa shape index (κ1) is 16.9. The average Bonchev–Trinajstić information content (AvgIpc) is 3.01. The fraction of sp³-hybridized carbons (Fsp3) is 0.300. The van der Waals surface area contributed by atoms with Gasteiger partial charge < -0.3 is 4.98 Å². The van der Waals surface area contributed by atoms with Gasteiger partial charge in [-0.2, -0.15) is 0 Å². The van der Waals surface area contributed by atoms with Crippen LogP contribution in [0.3, 0.4) is 0 Å².